The zero-order chi connectivity index (χ0) is 13.2. The Hall–Kier alpha value is -0.910. The third-order valence-corrected chi connectivity index (χ3v) is 4.49. The van der Waals surface area contributed by atoms with Gasteiger partial charge in [0.2, 0.25) is 0 Å². The first-order chi connectivity index (χ1) is 9.29. The van der Waals surface area contributed by atoms with Gasteiger partial charge < -0.3 is 10.0 Å². The number of piperidine rings is 1. The quantitative estimate of drug-likeness (QED) is 0.829. The van der Waals surface area contributed by atoms with E-state index in [-0.39, 0.29) is 6.61 Å². The Labute approximate surface area is 118 Å². The fourth-order valence-corrected chi connectivity index (χ4v) is 3.33. The number of halogens is 1. The predicted molar refractivity (Wildman–Crippen MR) is 74.4 cm³/mol. The molecule has 6 heteroatoms. The van der Waals surface area contributed by atoms with E-state index in [1.807, 2.05) is 0 Å². The second-order valence-electron chi connectivity index (χ2n) is 5.26. The molecule has 0 bridgehead atoms. The number of anilines is 1. The van der Waals surface area contributed by atoms with Crippen LogP contribution in [0.4, 0.5) is 5.82 Å². The van der Waals surface area contributed by atoms with Crippen molar-refractivity contribution in [1.82, 2.24) is 14.9 Å². The molecule has 0 radical (unpaired) electrons. The Morgan fingerprint density at radius 3 is 3.00 bits per heavy atom. The molecule has 0 spiro atoms. The molecule has 1 N–H and O–H groups in total. The highest BCUT2D eigenvalue weighted by atomic mass is 35.5. The number of aliphatic hydroxyl groups is 1. The third-order valence-electron chi connectivity index (χ3n) is 4.17. The second-order valence-corrected chi connectivity index (χ2v) is 5.61. The summed E-state index contributed by atoms with van der Waals surface area (Å²) in [5.74, 6) is 0.799. The van der Waals surface area contributed by atoms with E-state index in [0.717, 1.165) is 25.5 Å². The molecule has 0 amide bonds. The number of fused-ring (bicyclic) bond motifs is 1. The highest BCUT2D eigenvalue weighted by Crippen LogP contribution is 2.28. The Morgan fingerprint density at radius 1 is 1.26 bits per heavy atom. The molecule has 104 valence electrons. The molecule has 19 heavy (non-hydrogen) atoms. The van der Waals surface area contributed by atoms with Crippen LogP contribution in [0.2, 0.25) is 5.15 Å². The molecule has 1 atom stereocenters. The number of nitrogens with zero attached hydrogens (tertiary/aromatic N) is 4. The van der Waals surface area contributed by atoms with Crippen LogP contribution in [0, 0.1) is 0 Å². The summed E-state index contributed by atoms with van der Waals surface area (Å²) in [5.41, 5.74) is 0.647. The van der Waals surface area contributed by atoms with Gasteiger partial charge in [-0.1, -0.05) is 18.0 Å². The van der Waals surface area contributed by atoms with Crippen LogP contribution in [0.1, 0.15) is 24.8 Å². The van der Waals surface area contributed by atoms with Gasteiger partial charge in [0.1, 0.15) is 17.3 Å². The van der Waals surface area contributed by atoms with E-state index in [9.17, 15) is 5.11 Å². The number of piperazine rings is 1. The fourth-order valence-electron chi connectivity index (χ4n) is 3.14. The minimum Gasteiger partial charge on any atom is -0.391 e. The summed E-state index contributed by atoms with van der Waals surface area (Å²) < 4.78 is 0. The average molecular weight is 283 g/mol. The van der Waals surface area contributed by atoms with Crippen LogP contribution in [-0.2, 0) is 6.61 Å². The van der Waals surface area contributed by atoms with Crippen molar-refractivity contribution >= 4 is 17.4 Å². The molecule has 1 unspecified atom stereocenters. The first-order valence-corrected chi connectivity index (χ1v) is 7.26. The Bertz CT molecular complexity index is 456. The van der Waals surface area contributed by atoms with E-state index in [1.54, 1.807) is 0 Å². The topological polar surface area (TPSA) is 52.5 Å². The van der Waals surface area contributed by atoms with Gasteiger partial charge >= 0.3 is 0 Å². The zero-order valence-corrected chi connectivity index (χ0v) is 11.7. The Morgan fingerprint density at radius 2 is 2.16 bits per heavy atom. The van der Waals surface area contributed by atoms with Crippen molar-refractivity contribution in [3.63, 3.8) is 0 Å². The Balaban J connectivity index is 1.81. The lowest BCUT2D eigenvalue weighted by Crippen LogP contribution is -2.55. The number of hydrogen-bond acceptors (Lipinski definition) is 5. The number of aliphatic hydroxyl groups excluding tert-OH is 1. The van der Waals surface area contributed by atoms with Gasteiger partial charge in [0.15, 0.2) is 0 Å². The normalized spacial score (nSPS) is 24.3. The van der Waals surface area contributed by atoms with Crippen molar-refractivity contribution < 1.29 is 5.11 Å². The van der Waals surface area contributed by atoms with Crippen LogP contribution in [-0.4, -0.2) is 52.2 Å². The van der Waals surface area contributed by atoms with E-state index in [4.69, 9.17) is 11.6 Å². The lowest BCUT2D eigenvalue weighted by atomic mass is 9.99. The minimum absolute atomic E-state index is 0.111. The van der Waals surface area contributed by atoms with Gasteiger partial charge in [-0.15, -0.1) is 0 Å². The van der Waals surface area contributed by atoms with Gasteiger partial charge in [0.25, 0.3) is 0 Å². The third kappa shape index (κ3) is 2.55. The van der Waals surface area contributed by atoms with Gasteiger partial charge in [0, 0.05) is 25.7 Å². The molecule has 3 heterocycles. The number of aromatic nitrogens is 2. The smallest absolute Gasteiger partial charge is 0.140 e. The summed E-state index contributed by atoms with van der Waals surface area (Å²) in [4.78, 5) is 13.1. The van der Waals surface area contributed by atoms with Crippen molar-refractivity contribution in [2.24, 2.45) is 0 Å². The molecule has 0 saturated carbocycles. The van der Waals surface area contributed by atoms with Crippen LogP contribution < -0.4 is 4.90 Å². The van der Waals surface area contributed by atoms with Gasteiger partial charge in [-0.25, -0.2) is 9.97 Å². The van der Waals surface area contributed by atoms with Gasteiger partial charge in [-0.05, 0) is 19.4 Å². The first-order valence-electron chi connectivity index (χ1n) is 6.89. The Kier molecular flexibility index (Phi) is 3.86. The molecule has 5 nitrogen and oxygen atoms in total. The van der Waals surface area contributed by atoms with Crippen LogP contribution in [0.15, 0.2) is 6.33 Å². The van der Waals surface area contributed by atoms with E-state index >= 15 is 0 Å². The summed E-state index contributed by atoms with van der Waals surface area (Å²) >= 11 is 6.04. The lowest BCUT2D eigenvalue weighted by molar-refractivity contribution is 0.133. The average Bonchev–Trinajstić information content (AvgIpc) is 2.46. The van der Waals surface area contributed by atoms with E-state index in [1.165, 1.54) is 32.1 Å². The van der Waals surface area contributed by atoms with E-state index in [0.29, 0.717) is 16.8 Å². The summed E-state index contributed by atoms with van der Waals surface area (Å²) in [6.45, 7) is 4.09. The number of rotatable bonds is 2. The largest absolute Gasteiger partial charge is 0.391 e. The van der Waals surface area contributed by atoms with Crippen molar-refractivity contribution in [2.75, 3.05) is 31.1 Å². The van der Waals surface area contributed by atoms with Crippen molar-refractivity contribution in [3.8, 4) is 0 Å². The van der Waals surface area contributed by atoms with E-state index < -0.39 is 0 Å². The van der Waals surface area contributed by atoms with E-state index in [2.05, 4.69) is 19.8 Å². The molecule has 0 aliphatic carbocycles. The summed E-state index contributed by atoms with van der Waals surface area (Å²) in [6.07, 6.45) is 5.36. The van der Waals surface area contributed by atoms with Crippen LogP contribution in [0.5, 0.6) is 0 Å². The van der Waals surface area contributed by atoms with Gasteiger partial charge in [-0.3, -0.25) is 4.90 Å². The highest BCUT2D eigenvalue weighted by Gasteiger charge is 2.30. The van der Waals surface area contributed by atoms with Crippen molar-refractivity contribution in [2.45, 2.75) is 31.9 Å². The molecule has 2 aliphatic heterocycles. The molecule has 2 fully saturated rings. The maximum atomic E-state index is 9.46. The second kappa shape index (κ2) is 5.61. The molecule has 0 aromatic carbocycles. The molecular formula is C13H19ClN4O. The molecule has 1 aromatic heterocycles. The maximum absolute atomic E-state index is 9.46. The number of hydrogen-bond donors (Lipinski definition) is 1. The van der Waals surface area contributed by atoms with Crippen LogP contribution >= 0.6 is 11.6 Å². The minimum atomic E-state index is -0.111. The van der Waals surface area contributed by atoms with Gasteiger partial charge in [0.05, 0.1) is 12.2 Å². The first kappa shape index (κ1) is 13.1. The zero-order valence-electron chi connectivity index (χ0n) is 10.9. The molecule has 2 saturated heterocycles. The SMILES string of the molecule is OCc1c(Cl)ncnc1N1CCN2CCCCC2C1. The standard InChI is InChI=1S/C13H19ClN4O/c14-12-11(8-19)13(16-9-15-12)18-6-5-17-4-2-1-3-10(17)7-18/h9-10,19H,1-8H2. The summed E-state index contributed by atoms with van der Waals surface area (Å²) in [5, 5.41) is 9.82. The van der Waals surface area contributed by atoms with Crippen LogP contribution in [0.25, 0.3) is 0 Å². The monoisotopic (exact) mass is 282 g/mol. The maximum Gasteiger partial charge on any atom is 0.140 e. The fraction of sp³-hybridized carbons (Fsp3) is 0.692. The van der Waals surface area contributed by atoms with Crippen LogP contribution in [0.3, 0.4) is 0 Å². The summed E-state index contributed by atoms with van der Waals surface area (Å²) in [7, 11) is 0. The molecule has 2 aliphatic rings. The van der Waals surface area contributed by atoms with Gasteiger partial charge in [-0.2, -0.15) is 0 Å². The lowest BCUT2D eigenvalue weighted by Gasteiger charge is -2.44. The molecule has 1 aromatic rings. The van der Waals surface area contributed by atoms with Crippen molar-refractivity contribution in [1.29, 1.82) is 0 Å². The molecule has 3 rings (SSSR count). The highest BCUT2D eigenvalue weighted by molar-refractivity contribution is 6.30. The van der Waals surface area contributed by atoms with Crippen molar-refractivity contribution in [3.05, 3.63) is 17.0 Å². The summed E-state index contributed by atoms with van der Waals surface area (Å²) in [6, 6.07) is 0.614. The molecular weight excluding hydrogens is 264 g/mol. The predicted octanol–water partition coefficient (Wildman–Crippen LogP) is 1.30.